The average Bonchev–Trinajstić information content (AvgIpc) is 1.90. The Kier molecular flexibility index (Phi) is 1.97. The van der Waals surface area contributed by atoms with E-state index in [2.05, 4.69) is 0 Å². The third kappa shape index (κ3) is 1.62. The van der Waals surface area contributed by atoms with Crippen LogP contribution in [0.5, 0.6) is 0 Å². The Bertz CT molecular complexity index is 139. The zero-order valence-electron chi connectivity index (χ0n) is 5.16. The number of carbonyl (C=O) groups is 1. The van der Waals surface area contributed by atoms with E-state index in [-0.39, 0.29) is 18.7 Å². The Morgan fingerprint density at radius 3 is 3.11 bits per heavy atom. The molecular weight excluding hydrogens is 120 g/mol. The lowest BCUT2D eigenvalue weighted by atomic mass is 10.3. The van der Waals surface area contributed by atoms with E-state index in [0.717, 1.165) is 0 Å². The SMILES string of the molecule is COC1C=CC(=O)CO1. The fourth-order valence-corrected chi connectivity index (χ4v) is 0.600. The van der Waals surface area contributed by atoms with Gasteiger partial charge in [-0.25, -0.2) is 0 Å². The summed E-state index contributed by atoms with van der Waals surface area (Å²) in [4.78, 5) is 10.5. The quantitative estimate of drug-likeness (QED) is 0.503. The highest BCUT2D eigenvalue weighted by Gasteiger charge is 2.10. The van der Waals surface area contributed by atoms with Crippen molar-refractivity contribution < 1.29 is 14.3 Å². The molecule has 0 bridgehead atoms. The molecule has 0 amide bonds. The number of methoxy groups -OCH3 is 1. The summed E-state index contributed by atoms with van der Waals surface area (Å²) in [5.41, 5.74) is 0. The molecule has 0 aliphatic carbocycles. The molecule has 1 aliphatic rings. The fourth-order valence-electron chi connectivity index (χ4n) is 0.600. The maximum absolute atomic E-state index is 10.5. The van der Waals surface area contributed by atoms with Crippen molar-refractivity contribution in [1.29, 1.82) is 0 Å². The normalized spacial score (nSPS) is 26.8. The Balaban J connectivity index is 2.48. The van der Waals surface area contributed by atoms with Crippen LogP contribution in [0.1, 0.15) is 0 Å². The van der Waals surface area contributed by atoms with Gasteiger partial charge in [-0.2, -0.15) is 0 Å². The molecule has 0 spiro atoms. The fraction of sp³-hybridized carbons (Fsp3) is 0.500. The van der Waals surface area contributed by atoms with Gasteiger partial charge in [0.15, 0.2) is 12.1 Å². The van der Waals surface area contributed by atoms with Gasteiger partial charge in [0.1, 0.15) is 6.61 Å². The summed E-state index contributed by atoms with van der Waals surface area (Å²) in [6.07, 6.45) is 2.73. The second-order valence-corrected chi connectivity index (χ2v) is 1.74. The highest BCUT2D eigenvalue weighted by atomic mass is 16.7. The van der Waals surface area contributed by atoms with Crippen molar-refractivity contribution in [2.45, 2.75) is 6.29 Å². The van der Waals surface area contributed by atoms with Crippen molar-refractivity contribution in [3.8, 4) is 0 Å². The van der Waals surface area contributed by atoms with E-state index in [1.54, 1.807) is 6.08 Å². The van der Waals surface area contributed by atoms with Gasteiger partial charge in [0.05, 0.1) is 0 Å². The van der Waals surface area contributed by atoms with Gasteiger partial charge in [0, 0.05) is 7.11 Å². The van der Waals surface area contributed by atoms with E-state index >= 15 is 0 Å². The van der Waals surface area contributed by atoms with Crippen LogP contribution in [0.25, 0.3) is 0 Å². The first-order valence-electron chi connectivity index (χ1n) is 2.68. The summed E-state index contributed by atoms with van der Waals surface area (Å²) in [6.45, 7) is 0.134. The van der Waals surface area contributed by atoms with Crippen LogP contribution in [-0.4, -0.2) is 25.8 Å². The van der Waals surface area contributed by atoms with E-state index < -0.39 is 0 Å². The average molecular weight is 128 g/mol. The van der Waals surface area contributed by atoms with Gasteiger partial charge in [-0.15, -0.1) is 0 Å². The van der Waals surface area contributed by atoms with Crippen LogP contribution in [0, 0.1) is 0 Å². The Labute approximate surface area is 53.3 Å². The molecule has 3 heteroatoms. The first kappa shape index (κ1) is 6.45. The van der Waals surface area contributed by atoms with Crippen molar-refractivity contribution in [3.63, 3.8) is 0 Å². The minimum Gasteiger partial charge on any atom is -0.352 e. The van der Waals surface area contributed by atoms with Crippen LogP contribution in [0.4, 0.5) is 0 Å². The van der Waals surface area contributed by atoms with Gasteiger partial charge < -0.3 is 9.47 Å². The lowest BCUT2D eigenvalue weighted by Crippen LogP contribution is -2.21. The highest BCUT2D eigenvalue weighted by molar-refractivity contribution is 5.91. The molecule has 0 aromatic rings. The molecule has 0 saturated carbocycles. The largest absolute Gasteiger partial charge is 0.352 e. The summed E-state index contributed by atoms with van der Waals surface area (Å²) in [5, 5.41) is 0. The zero-order chi connectivity index (χ0) is 6.69. The molecular formula is C6H8O3. The van der Waals surface area contributed by atoms with Crippen LogP contribution in [0.15, 0.2) is 12.2 Å². The molecule has 0 radical (unpaired) electrons. The van der Waals surface area contributed by atoms with Crippen molar-refractivity contribution in [1.82, 2.24) is 0 Å². The summed E-state index contributed by atoms with van der Waals surface area (Å²) >= 11 is 0. The summed E-state index contributed by atoms with van der Waals surface area (Å²) in [7, 11) is 1.53. The van der Waals surface area contributed by atoms with Gasteiger partial charge in [0.25, 0.3) is 0 Å². The predicted molar refractivity (Wildman–Crippen MR) is 30.9 cm³/mol. The second kappa shape index (κ2) is 2.75. The number of hydrogen-bond donors (Lipinski definition) is 0. The van der Waals surface area contributed by atoms with E-state index in [1.165, 1.54) is 13.2 Å². The van der Waals surface area contributed by atoms with E-state index in [9.17, 15) is 4.79 Å². The summed E-state index contributed by atoms with van der Waals surface area (Å²) in [6, 6.07) is 0. The van der Waals surface area contributed by atoms with E-state index in [0.29, 0.717) is 0 Å². The van der Waals surface area contributed by atoms with Gasteiger partial charge in [-0.1, -0.05) is 0 Å². The summed E-state index contributed by atoms with van der Waals surface area (Å²) < 4.78 is 9.66. The van der Waals surface area contributed by atoms with Crippen LogP contribution >= 0.6 is 0 Å². The van der Waals surface area contributed by atoms with Gasteiger partial charge in [0.2, 0.25) is 0 Å². The Morgan fingerprint density at radius 2 is 2.67 bits per heavy atom. The first-order chi connectivity index (χ1) is 4.33. The lowest BCUT2D eigenvalue weighted by Gasteiger charge is -2.13. The highest BCUT2D eigenvalue weighted by Crippen LogP contribution is 2.00. The molecule has 0 aromatic heterocycles. The number of hydrogen-bond acceptors (Lipinski definition) is 3. The van der Waals surface area contributed by atoms with Crippen molar-refractivity contribution in [2.24, 2.45) is 0 Å². The Morgan fingerprint density at radius 1 is 1.89 bits per heavy atom. The third-order valence-electron chi connectivity index (χ3n) is 1.06. The van der Waals surface area contributed by atoms with Crippen molar-refractivity contribution >= 4 is 5.78 Å². The molecule has 1 atom stereocenters. The topological polar surface area (TPSA) is 35.5 Å². The van der Waals surface area contributed by atoms with Crippen LogP contribution < -0.4 is 0 Å². The molecule has 3 nitrogen and oxygen atoms in total. The number of rotatable bonds is 1. The standard InChI is InChI=1S/C6H8O3/c1-8-6-3-2-5(7)4-9-6/h2-3,6H,4H2,1H3. The van der Waals surface area contributed by atoms with Crippen LogP contribution in [0.3, 0.4) is 0 Å². The maximum Gasteiger partial charge on any atom is 0.181 e. The summed E-state index contributed by atoms with van der Waals surface area (Å²) in [5.74, 6) is -0.0108. The third-order valence-corrected chi connectivity index (χ3v) is 1.06. The molecule has 9 heavy (non-hydrogen) atoms. The predicted octanol–water partition coefficient (Wildman–Crippen LogP) is 0.114. The minimum atomic E-state index is -0.331. The molecule has 1 heterocycles. The van der Waals surface area contributed by atoms with Gasteiger partial charge in [-0.3, -0.25) is 4.79 Å². The number of ether oxygens (including phenoxy) is 2. The maximum atomic E-state index is 10.5. The van der Waals surface area contributed by atoms with E-state index in [1.807, 2.05) is 0 Å². The minimum absolute atomic E-state index is 0.0108. The van der Waals surface area contributed by atoms with Gasteiger partial charge in [-0.05, 0) is 12.2 Å². The van der Waals surface area contributed by atoms with Crippen molar-refractivity contribution in [3.05, 3.63) is 12.2 Å². The first-order valence-corrected chi connectivity index (χ1v) is 2.68. The molecule has 1 aliphatic heterocycles. The molecule has 0 saturated heterocycles. The molecule has 1 rings (SSSR count). The van der Waals surface area contributed by atoms with Crippen LogP contribution in [0.2, 0.25) is 0 Å². The lowest BCUT2D eigenvalue weighted by molar-refractivity contribution is -0.136. The number of ketones is 1. The number of carbonyl (C=O) groups excluding carboxylic acids is 1. The molecule has 50 valence electrons. The molecule has 1 unspecified atom stereocenters. The second-order valence-electron chi connectivity index (χ2n) is 1.74. The smallest absolute Gasteiger partial charge is 0.181 e. The molecule has 0 fully saturated rings. The molecule has 0 N–H and O–H groups in total. The van der Waals surface area contributed by atoms with E-state index in [4.69, 9.17) is 9.47 Å². The monoisotopic (exact) mass is 128 g/mol. The van der Waals surface area contributed by atoms with Gasteiger partial charge >= 0.3 is 0 Å². The zero-order valence-corrected chi connectivity index (χ0v) is 5.16. The van der Waals surface area contributed by atoms with Crippen molar-refractivity contribution in [2.75, 3.05) is 13.7 Å². The van der Waals surface area contributed by atoms with Crippen LogP contribution in [-0.2, 0) is 14.3 Å². The molecule has 0 aromatic carbocycles. The Hall–Kier alpha value is -0.670.